The number of benzene rings is 1. The lowest BCUT2D eigenvalue weighted by molar-refractivity contribution is 0.143. The molecule has 0 radical (unpaired) electrons. The molecule has 2 fully saturated rings. The summed E-state index contributed by atoms with van der Waals surface area (Å²) in [6.45, 7) is 3.37. The van der Waals surface area contributed by atoms with Crippen molar-refractivity contribution in [3.63, 3.8) is 0 Å². The van der Waals surface area contributed by atoms with Crippen molar-refractivity contribution in [1.29, 1.82) is 0 Å². The first kappa shape index (κ1) is 14.8. The van der Waals surface area contributed by atoms with Crippen LogP contribution in [0.25, 0.3) is 0 Å². The molecule has 1 heterocycles. The predicted octanol–water partition coefficient (Wildman–Crippen LogP) is 2.94. The molecule has 0 aromatic heterocycles. The van der Waals surface area contributed by atoms with Gasteiger partial charge in [-0.3, -0.25) is 0 Å². The van der Waals surface area contributed by atoms with Gasteiger partial charge in [0.1, 0.15) is 5.82 Å². The van der Waals surface area contributed by atoms with Crippen molar-refractivity contribution in [2.75, 3.05) is 31.7 Å². The average molecular weight is 292 g/mol. The summed E-state index contributed by atoms with van der Waals surface area (Å²) in [7, 11) is 1.74. The standard InChI is InChI=1S/C17H25FN2O/c1-21-12-13-4-3-9-20(11-13)17-14(5-2-6-16(17)18)10-19-15-7-8-15/h2,5-6,13,15,19H,3-4,7-12H2,1H3. The number of hydrogen-bond acceptors (Lipinski definition) is 3. The van der Waals surface area contributed by atoms with E-state index in [1.807, 2.05) is 12.1 Å². The molecule has 1 aromatic rings. The van der Waals surface area contributed by atoms with E-state index in [1.54, 1.807) is 13.2 Å². The minimum absolute atomic E-state index is 0.0943. The minimum atomic E-state index is -0.0943. The van der Waals surface area contributed by atoms with E-state index >= 15 is 0 Å². The van der Waals surface area contributed by atoms with Crippen LogP contribution in [-0.4, -0.2) is 32.8 Å². The highest BCUT2D eigenvalue weighted by Crippen LogP contribution is 2.30. The number of rotatable bonds is 6. The topological polar surface area (TPSA) is 24.5 Å². The van der Waals surface area contributed by atoms with Gasteiger partial charge in [0.25, 0.3) is 0 Å². The Balaban J connectivity index is 1.75. The summed E-state index contributed by atoms with van der Waals surface area (Å²) >= 11 is 0. The molecular weight excluding hydrogens is 267 g/mol. The first-order chi connectivity index (χ1) is 10.3. The molecule has 1 aliphatic heterocycles. The van der Waals surface area contributed by atoms with E-state index in [0.717, 1.165) is 43.9 Å². The molecule has 1 saturated carbocycles. The lowest BCUT2D eigenvalue weighted by atomic mass is 9.97. The van der Waals surface area contributed by atoms with Crippen molar-refractivity contribution >= 4 is 5.69 Å². The summed E-state index contributed by atoms with van der Waals surface area (Å²) < 4.78 is 19.7. The highest BCUT2D eigenvalue weighted by molar-refractivity contribution is 5.55. The number of piperidine rings is 1. The molecule has 0 spiro atoms. The molecule has 1 saturated heterocycles. The zero-order valence-electron chi connectivity index (χ0n) is 12.8. The van der Waals surface area contributed by atoms with Gasteiger partial charge in [-0.05, 0) is 43.2 Å². The normalized spacial score (nSPS) is 22.6. The highest BCUT2D eigenvalue weighted by Gasteiger charge is 2.25. The summed E-state index contributed by atoms with van der Waals surface area (Å²) in [4.78, 5) is 2.21. The van der Waals surface area contributed by atoms with Crippen LogP contribution in [0.15, 0.2) is 18.2 Å². The maximum absolute atomic E-state index is 14.4. The molecule has 1 atom stereocenters. The van der Waals surface area contributed by atoms with Crippen LogP contribution in [0.5, 0.6) is 0 Å². The second-order valence-corrected chi connectivity index (χ2v) is 6.31. The highest BCUT2D eigenvalue weighted by atomic mass is 19.1. The largest absolute Gasteiger partial charge is 0.384 e. The van der Waals surface area contributed by atoms with Crippen LogP contribution in [0.1, 0.15) is 31.2 Å². The maximum atomic E-state index is 14.4. The quantitative estimate of drug-likeness (QED) is 0.872. The van der Waals surface area contributed by atoms with Gasteiger partial charge in [0.2, 0.25) is 0 Å². The Morgan fingerprint density at radius 2 is 2.19 bits per heavy atom. The number of para-hydroxylation sites is 1. The number of halogens is 1. The maximum Gasteiger partial charge on any atom is 0.146 e. The van der Waals surface area contributed by atoms with E-state index in [0.29, 0.717) is 12.0 Å². The SMILES string of the molecule is COCC1CCCN(c2c(F)cccc2CNC2CC2)C1. The van der Waals surface area contributed by atoms with Crippen molar-refractivity contribution in [1.82, 2.24) is 5.32 Å². The third-order valence-electron chi connectivity index (χ3n) is 4.47. The zero-order chi connectivity index (χ0) is 14.7. The third-order valence-corrected chi connectivity index (χ3v) is 4.47. The van der Waals surface area contributed by atoms with E-state index in [-0.39, 0.29) is 5.82 Å². The van der Waals surface area contributed by atoms with Crippen molar-refractivity contribution < 1.29 is 9.13 Å². The summed E-state index contributed by atoms with van der Waals surface area (Å²) in [6, 6.07) is 6.09. The molecule has 0 bridgehead atoms. The molecule has 1 aromatic carbocycles. The molecule has 3 nitrogen and oxygen atoms in total. The van der Waals surface area contributed by atoms with Gasteiger partial charge >= 0.3 is 0 Å². The summed E-state index contributed by atoms with van der Waals surface area (Å²) in [6.07, 6.45) is 4.79. The Morgan fingerprint density at radius 1 is 1.33 bits per heavy atom. The Bertz CT molecular complexity index is 474. The van der Waals surface area contributed by atoms with Gasteiger partial charge in [0.05, 0.1) is 12.3 Å². The van der Waals surface area contributed by atoms with E-state index < -0.39 is 0 Å². The molecule has 0 amide bonds. The number of anilines is 1. The van der Waals surface area contributed by atoms with Gasteiger partial charge in [-0.1, -0.05) is 12.1 Å². The number of ether oxygens (including phenoxy) is 1. The molecule has 1 N–H and O–H groups in total. The molecule has 1 aliphatic carbocycles. The monoisotopic (exact) mass is 292 g/mol. The van der Waals surface area contributed by atoms with Crippen LogP contribution in [-0.2, 0) is 11.3 Å². The lowest BCUT2D eigenvalue weighted by Crippen LogP contribution is -2.38. The van der Waals surface area contributed by atoms with Crippen molar-refractivity contribution in [2.45, 2.75) is 38.3 Å². The van der Waals surface area contributed by atoms with Crippen LogP contribution in [0, 0.1) is 11.7 Å². The first-order valence-electron chi connectivity index (χ1n) is 8.02. The number of nitrogens with zero attached hydrogens (tertiary/aromatic N) is 1. The molecule has 2 aliphatic rings. The lowest BCUT2D eigenvalue weighted by Gasteiger charge is -2.35. The van der Waals surface area contributed by atoms with E-state index in [1.165, 1.54) is 19.3 Å². The Morgan fingerprint density at radius 3 is 2.95 bits per heavy atom. The average Bonchev–Trinajstić information content (AvgIpc) is 3.30. The Kier molecular flexibility index (Phi) is 4.76. The van der Waals surface area contributed by atoms with E-state index in [9.17, 15) is 4.39 Å². The fourth-order valence-electron chi connectivity index (χ4n) is 3.24. The smallest absolute Gasteiger partial charge is 0.146 e. The Labute approximate surface area is 126 Å². The Hall–Kier alpha value is -1.13. The molecule has 4 heteroatoms. The number of nitrogens with one attached hydrogen (secondary N) is 1. The minimum Gasteiger partial charge on any atom is -0.384 e. The van der Waals surface area contributed by atoms with Gasteiger partial charge in [-0.15, -0.1) is 0 Å². The van der Waals surface area contributed by atoms with Crippen LogP contribution in [0.4, 0.5) is 10.1 Å². The fraction of sp³-hybridized carbons (Fsp3) is 0.647. The van der Waals surface area contributed by atoms with Crippen molar-refractivity contribution in [2.24, 2.45) is 5.92 Å². The zero-order valence-corrected chi connectivity index (χ0v) is 12.8. The molecule has 21 heavy (non-hydrogen) atoms. The third kappa shape index (κ3) is 3.74. The van der Waals surface area contributed by atoms with Crippen molar-refractivity contribution in [3.8, 4) is 0 Å². The van der Waals surface area contributed by atoms with E-state index in [4.69, 9.17) is 4.74 Å². The molecule has 1 unspecified atom stereocenters. The van der Waals surface area contributed by atoms with Gasteiger partial charge in [0.15, 0.2) is 0 Å². The second-order valence-electron chi connectivity index (χ2n) is 6.31. The summed E-state index contributed by atoms with van der Waals surface area (Å²) in [5.74, 6) is 0.413. The van der Waals surface area contributed by atoms with Gasteiger partial charge in [-0.25, -0.2) is 4.39 Å². The van der Waals surface area contributed by atoms with E-state index in [2.05, 4.69) is 10.2 Å². The van der Waals surface area contributed by atoms with Crippen LogP contribution >= 0.6 is 0 Å². The molecular formula is C17H25FN2O. The molecule has 116 valence electrons. The van der Waals surface area contributed by atoms with Crippen LogP contribution < -0.4 is 10.2 Å². The van der Waals surface area contributed by atoms with Crippen molar-refractivity contribution in [3.05, 3.63) is 29.6 Å². The van der Waals surface area contributed by atoms with Gasteiger partial charge in [0, 0.05) is 32.8 Å². The second kappa shape index (κ2) is 6.75. The predicted molar refractivity (Wildman–Crippen MR) is 83.1 cm³/mol. The summed E-state index contributed by atoms with van der Waals surface area (Å²) in [5.41, 5.74) is 1.88. The number of methoxy groups -OCH3 is 1. The fourth-order valence-corrected chi connectivity index (χ4v) is 3.24. The molecule has 3 rings (SSSR count). The van der Waals surface area contributed by atoms with Crippen LogP contribution in [0.2, 0.25) is 0 Å². The van der Waals surface area contributed by atoms with Gasteiger partial charge in [-0.2, -0.15) is 0 Å². The summed E-state index contributed by atoms with van der Waals surface area (Å²) in [5, 5.41) is 3.50. The first-order valence-corrected chi connectivity index (χ1v) is 8.02. The van der Waals surface area contributed by atoms with Gasteiger partial charge < -0.3 is 15.0 Å². The van der Waals surface area contributed by atoms with Crippen LogP contribution in [0.3, 0.4) is 0 Å². The number of hydrogen-bond donors (Lipinski definition) is 1.